The monoisotopic (exact) mass is 385 g/mol. The molecule has 0 N–H and O–H groups in total. The molecule has 0 bridgehead atoms. The van der Waals surface area contributed by atoms with Crippen LogP contribution in [0.3, 0.4) is 0 Å². The molecule has 0 aromatic carbocycles. The molecule has 2 aromatic heterocycles. The highest BCUT2D eigenvalue weighted by Crippen LogP contribution is 2.44. The first-order valence-corrected chi connectivity index (χ1v) is 10.8. The Balaban J connectivity index is 1.40. The van der Waals surface area contributed by atoms with Gasteiger partial charge in [0.2, 0.25) is 11.8 Å². The molecule has 1 amide bonds. The molecule has 144 valence electrons. The van der Waals surface area contributed by atoms with E-state index in [-0.39, 0.29) is 11.5 Å². The minimum atomic E-state index is -0.275. The van der Waals surface area contributed by atoms with Crippen LogP contribution in [0.2, 0.25) is 0 Å². The summed E-state index contributed by atoms with van der Waals surface area (Å²) in [6.45, 7) is 5.36. The van der Waals surface area contributed by atoms with Gasteiger partial charge in [-0.05, 0) is 38.1 Å². The smallest absolute Gasteiger partial charge is 0.234 e. The van der Waals surface area contributed by atoms with Crippen molar-refractivity contribution in [2.24, 2.45) is 0 Å². The Morgan fingerprint density at radius 1 is 1.22 bits per heavy atom. The molecule has 4 rings (SSSR count). The standard InChI is InChI=1S/C21H27N3O2S/c1-15-14-19(23-16(2)22-15)26-17-7-11-24(12-8-17)20(25)21(9-3-4-10-21)18-6-5-13-27-18/h5-6,13-14,17H,3-4,7-12H2,1-2H3. The predicted molar refractivity (Wildman–Crippen MR) is 106 cm³/mol. The highest BCUT2D eigenvalue weighted by Gasteiger charge is 2.46. The van der Waals surface area contributed by atoms with Gasteiger partial charge in [-0.25, -0.2) is 4.98 Å². The Morgan fingerprint density at radius 3 is 2.59 bits per heavy atom. The van der Waals surface area contributed by atoms with Gasteiger partial charge in [0.05, 0.1) is 5.41 Å². The van der Waals surface area contributed by atoms with E-state index >= 15 is 0 Å². The summed E-state index contributed by atoms with van der Waals surface area (Å²) in [5.74, 6) is 1.71. The van der Waals surface area contributed by atoms with Crippen LogP contribution in [0.25, 0.3) is 0 Å². The summed E-state index contributed by atoms with van der Waals surface area (Å²) in [6.07, 6.45) is 6.10. The van der Waals surface area contributed by atoms with E-state index in [0.717, 1.165) is 63.1 Å². The van der Waals surface area contributed by atoms with E-state index < -0.39 is 0 Å². The summed E-state index contributed by atoms with van der Waals surface area (Å²) < 4.78 is 6.08. The molecular formula is C21H27N3O2S. The molecule has 0 unspecified atom stereocenters. The minimum absolute atomic E-state index is 0.115. The number of carbonyl (C=O) groups excluding carboxylic acids is 1. The minimum Gasteiger partial charge on any atom is -0.474 e. The Labute approximate surface area is 164 Å². The van der Waals surface area contributed by atoms with Crippen LogP contribution in [-0.2, 0) is 10.2 Å². The number of hydrogen-bond acceptors (Lipinski definition) is 5. The number of carbonyl (C=O) groups is 1. The molecule has 2 aromatic rings. The van der Waals surface area contributed by atoms with E-state index in [1.807, 2.05) is 19.9 Å². The first-order valence-electron chi connectivity index (χ1n) is 9.89. The lowest BCUT2D eigenvalue weighted by Gasteiger charge is -2.38. The van der Waals surface area contributed by atoms with Crippen LogP contribution in [0, 0.1) is 13.8 Å². The molecule has 0 radical (unpaired) electrons. The average molecular weight is 386 g/mol. The zero-order valence-corrected chi connectivity index (χ0v) is 16.9. The van der Waals surface area contributed by atoms with Gasteiger partial charge in [-0.2, -0.15) is 4.98 Å². The number of aromatic nitrogens is 2. The summed E-state index contributed by atoms with van der Waals surface area (Å²) in [6, 6.07) is 6.09. The van der Waals surface area contributed by atoms with Gasteiger partial charge in [-0.15, -0.1) is 11.3 Å². The van der Waals surface area contributed by atoms with Crippen LogP contribution < -0.4 is 4.74 Å². The summed E-state index contributed by atoms with van der Waals surface area (Å²) >= 11 is 1.73. The number of aryl methyl sites for hydroxylation is 2. The molecule has 5 nitrogen and oxygen atoms in total. The summed E-state index contributed by atoms with van der Waals surface area (Å²) in [7, 11) is 0. The lowest BCUT2D eigenvalue weighted by molar-refractivity contribution is -0.139. The van der Waals surface area contributed by atoms with E-state index in [4.69, 9.17) is 4.74 Å². The van der Waals surface area contributed by atoms with E-state index in [2.05, 4.69) is 32.4 Å². The van der Waals surface area contributed by atoms with Crippen LogP contribution >= 0.6 is 11.3 Å². The van der Waals surface area contributed by atoms with Gasteiger partial charge in [0, 0.05) is 42.6 Å². The van der Waals surface area contributed by atoms with Crippen molar-refractivity contribution in [3.63, 3.8) is 0 Å². The van der Waals surface area contributed by atoms with Crippen LogP contribution in [0.1, 0.15) is 54.9 Å². The zero-order valence-electron chi connectivity index (χ0n) is 16.1. The maximum atomic E-state index is 13.4. The van der Waals surface area contributed by atoms with Gasteiger partial charge >= 0.3 is 0 Å². The van der Waals surface area contributed by atoms with Gasteiger partial charge in [-0.1, -0.05) is 18.9 Å². The molecule has 1 saturated carbocycles. The quantitative estimate of drug-likeness (QED) is 0.797. The predicted octanol–water partition coefficient (Wildman–Crippen LogP) is 4.04. The summed E-state index contributed by atoms with van der Waals surface area (Å²) in [4.78, 5) is 25.4. The van der Waals surface area contributed by atoms with Crippen LogP contribution in [0.15, 0.2) is 23.6 Å². The fourth-order valence-corrected chi connectivity index (χ4v) is 5.47. The second-order valence-electron chi connectivity index (χ2n) is 7.77. The van der Waals surface area contributed by atoms with Crippen LogP contribution in [-0.4, -0.2) is 40.0 Å². The molecular weight excluding hydrogens is 358 g/mol. The van der Waals surface area contributed by atoms with Crippen molar-refractivity contribution in [1.82, 2.24) is 14.9 Å². The third-order valence-electron chi connectivity index (χ3n) is 5.82. The van der Waals surface area contributed by atoms with Crippen molar-refractivity contribution in [2.45, 2.75) is 63.9 Å². The number of thiophene rings is 1. The fourth-order valence-electron chi connectivity index (χ4n) is 4.49. The molecule has 2 fully saturated rings. The number of amides is 1. The molecule has 6 heteroatoms. The Bertz CT molecular complexity index is 772. The largest absolute Gasteiger partial charge is 0.474 e. The van der Waals surface area contributed by atoms with E-state index in [1.54, 1.807) is 11.3 Å². The molecule has 1 aliphatic carbocycles. The van der Waals surface area contributed by atoms with Gasteiger partial charge in [-0.3, -0.25) is 4.79 Å². The van der Waals surface area contributed by atoms with Crippen molar-refractivity contribution >= 4 is 17.2 Å². The number of nitrogens with zero attached hydrogens (tertiary/aromatic N) is 3. The molecule has 1 saturated heterocycles. The van der Waals surface area contributed by atoms with Crippen molar-refractivity contribution in [1.29, 1.82) is 0 Å². The number of likely N-dealkylation sites (tertiary alicyclic amines) is 1. The van der Waals surface area contributed by atoms with Crippen LogP contribution in [0.5, 0.6) is 5.88 Å². The van der Waals surface area contributed by atoms with E-state index in [1.165, 1.54) is 4.88 Å². The first-order chi connectivity index (χ1) is 13.1. The fraction of sp³-hybridized carbons (Fsp3) is 0.571. The van der Waals surface area contributed by atoms with E-state index in [9.17, 15) is 4.79 Å². The van der Waals surface area contributed by atoms with Crippen LogP contribution in [0.4, 0.5) is 0 Å². The van der Waals surface area contributed by atoms with Gasteiger partial charge in [0.15, 0.2) is 0 Å². The highest BCUT2D eigenvalue weighted by atomic mass is 32.1. The lowest BCUT2D eigenvalue weighted by atomic mass is 9.82. The van der Waals surface area contributed by atoms with Gasteiger partial charge in [0.1, 0.15) is 11.9 Å². The molecule has 3 heterocycles. The Morgan fingerprint density at radius 2 is 1.96 bits per heavy atom. The van der Waals surface area contributed by atoms with E-state index in [0.29, 0.717) is 11.8 Å². The van der Waals surface area contributed by atoms with Crippen molar-refractivity contribution < 1.29 is 9.53 Å². The maximum Gasteiger partial charge on any atom is 0.234 e. The highest BCUT2D eigenvalue weighted by molar-refractivity contribution is 7.10. The van der Waals surface area contributed by atoms with Gasteiger partial charge in [0.25, 0.3) is 0 Å². The van der Waals surface area contributed by atoms with Gasteiger partial charge < -0.3 is 9.64 Å². The third kappa shape index (κ3) is 3.72. The number of ether oxygens (including phenoxy) is 1. The Kier molecular flexibility index (Phi) is 5.17. The number of hydrogen-bond donors (Lipinski definition) is 0. The second kappa shape index (κ2) is 7.58. The number of rotatable bonds is 4. The second-order valence-corrected chi connectivity index (χ2v) is 8.72. The normalized spacial score (nSPS) is 20.0. The summed E-state index contributed by atoms with van der Waals surface area (Å²) in [5, 5.41) is 2.09. The topological polar surface area (TPSA) is 55.3 Å². The summed E-state index contributed by atoms with van der Waals surface area (Å²) in [5.41, 5.74) is 0.646. The average Bonchev–Trinajstić information content (AvgIpc) is 3.33. The zero-order chi connectivity index (χ0) is 18.9. The van der Waals surface area contributed by atoms with Crippen molar-refractivity contribution in [3.05, 3.63) is 40.0 Å². The van der Waals surface area contributed by atoms with Crippen molar-refractivity contribution in [3.8, 4) is 5.88 Å². The molecule has 0 atom stereocenters. The maximum absolute atomic E-state index is 13.4. The first kappa shape index (κ1) is 18.4. The molecule has 1 aliphatic heterocycles. The Hall–Kier alpha value is -1.95. The molecule has 27 heavy (non-hydrogen) atoms. The lowest BCUT2D eigenvalue weighted by Crippen LogP contribution is -2.49. The molecule has 2 aliphatic rings. The van der Waals surface area contributed by atoms with Crippen molar-refractivity contribution in [2.75, 3.05) is 13.1 Å². The third-order valence-corrected chi connectivity index (χ3v) is 6.89. The number of piperidine rings is 1. The SMILES string of the molecule is Cc1cc(OC2CCN(C(=O)C3(c4cccs4)CCCC3)CC2)nc(C)n1. The molecule has 0 spiro atoms.